The van der Waals surface area contributed by atoms with Crippen LogP contribution in [0.4, 0.5) is 0 Å². The Labute approximate surface area is 136 Å². The second-order valence-corrected chi connectivity index (χ2v) is 6.76. The molecule has 0 saturated carbocycles. The molecule has 1 atom stereocenters. The molecule has 2 heterocycles. The lowest BCUT2D eigenvalue weighted by molar-refractivity contribution is 0.131. The molecule has 1 aromatic rings. The van der Waals surface area contributed by atoms with Gasteiger partial charge in [0.25, 0.3) is 0 Å². The van der Waals surface area contributed by atoms with Gasteiger partial charge in [0.2, 0.25) is 0 Å². The number of aliphatic hydroxyl groups excluding tert-OH is 1. The lowest BCUT2D eigenvalue weighted by Crippen LogP contribution is -2.39. The number of nitrogens with zero attached hydrogens (tertiary/aromatic N) is 1. The number of thiophene rings is 1. The number of aliphatic hydroxyl groups is 1. The van der Waals surface area contributed by atoms with Crippen LogP contribution in [0.2, 0.25) is 0 Å². The zero-order chi connectivity index (χ0) is 15.7. The summed E-state index contributed by atoms with van der Waals surface area (Å²) in [4.78, 5) is 6.09. The van der Waals surface area contributed by atoms with Crippen LogP contribution in [0.1, 0.15) is 24.6 Å². The third-order valence-electron chi connectivity index (χ3n) is 3.99. The first-order valence-electron chi connectivity index (χ1n) is 8.01. The van der Waals surface area contributed by atoms with E-state index in [4.69, 9.17) is 9.73 Å². The van der Waals surface area contributed by atoms with E-state index in [0.29, 0.717) is 13.2 Å². The van der Waals surface area contributed by atoms with Crippen molar-refractivity contribution in [1.82, 2.24) is 10.6 Å². The fourth-order valence-electron chi connectivity index (χ4n) is 2.64. The summed E-state index contributed by atoms with van der Waals surface area (Å²) in [5, 5.41) is 18.0. The highest BCUT2D eigenvalue weighted by Crippen LogP contribution is 2.32. The van der Waals surface area contributed by atoms with Gasteiger partial charge in [-0.15, -0.1) is 11.3 Å². The zero-order valence-electron chi connectivity index (χ0n) is 13.3. The van der Waals surface area contributed by atoms with E-state index in [1.807, 2.05) is 0 Å². The van der Waals surface area contributed by atoms with Gasteiger partial charge in [-0.2, -0.15) is 0 Å². The van der Waals surface area contributed by atoms with Crippen LogP contribution in [-0.2, 0) is 11.2 Å². The number of rotatable bonds is 8. The minimum Gasteiger partial charge on any atom is -0.396 e. The first kappa shape index (κ1) is 17.2. The maximum Gasteiger partial charge on any atom is 0.191 e. The molecule has 6 heteroatoms. The van der Waals surface area contributed by atoms with Gasteiger partial charge in [-0.05, 0) is 37.6 Å². The number of ether oxygens (including phenoxy) is 1. The fourth-order valence-corrected chi connectivity index (χ4v) is 3.34. The summed E-state index contributed by atoms with van der Waals surface area (Å²) in [6.45, 7) is 6.15. The highest BCUT2D eigenvalue weighted by Gasteiger charge is 2.34. The van der Waals surface area contributed by atoms with Crippen molar-refractivity contribution < 1.29 is 9.84 Å². The summed E-state index contributed by atoms with van der Waals surface area (Å²) in [6.07, 6.45) is 2.74. The summed E-state index contributed by atoms with van der Waals surface area (Å²) in [7, 11) is 0. The molecule has 0 aromatic carbocycles. The topological polar surface area (TPSA) is 65.9 Å². The van der Waals surface area contributed by atoms with Crippen LogP contribution < -0.4 is 10.6 Å². The fraction of sp³-hybridized carbons (Fsp3) is 0.688. The van der Waals surface area contributed by atoms with Crippen LogP contribution >= 0.6 is 11.3 Å². The molecule has 1 aliphatic rings. The van der Waals surface area contributed by atoms with Gasteiger partial charge in [-0.25, -0.2) is 0 Å². The Bertz CT molecular complexity index is 442. The van der Waals surface area contributed by atoms with E-state index in [1.165, 1.54) is 4.88 Å². The van der Waals surface area contributed by atoms with Gasteiger partial charge in [-0.1, -0.05) is 6.07 Å². The molecule has 1 aliphatic heterocycles. The summed E-state index contributed by atoms with van der Waals surface area (Å²) in [5.41, 5.74) is 0.00481. The average molecular weight is 325 g/mol. The maximum atomic E-state index is 9.27. The predicted molar refractivity (Wildman–Crippen MR) is 91.6 cm³/mol. The molecule has 22 heavy (non-hydrogen) atoms. The Morgan fingerprint density at radius 2 is 2.41 bits per heavy atom. The highest BCUT2D eigenvalue weighted by atomic mass is 32.1. The van der Waals surface area contributed by atoms with Crippen molar-refractivity contribution in [3.05, 3.63) is 22.4 Å². The normalized spacial score (nSPS) is 22.0. The Morgan fingerprint density at radius 3 is 3.05 bits per heavy atom. The SMILES string of the molecule is CCNC(=NCC1(CCO)CCOC1)NCCc1cccs1. The third-order valence-corrected chi connectivity index (χ3v) is 4.92. The predicted octanol–water partition coefficient (Wildman–Crippen LogP) is 1.63. The van der Waals surface area contributed by atoms with Crippen molar-refractivity contribution in [3.8, 4) is 0 Å². The number of aliphatic imine (C=N–C) groups is 1. The molecule has 0 aliphatic carbocycles. The largest absolute Gasteiger partial charge is 0.396 e. The molecule has 1 aromatic heterocycles. The van der Waals surface area contributed by atoms with E-state index in [1.54, 1.807) is 11.3 Å². The number of nitrogens with one attached hydrogen (secondary N) is 2. The molecule has 1 fully saturated rings. The lowest BCUT2D eigenvalue weighted by Gasteiger charge is -2.24. The van der Waals surface area contributed by atoms with Gasteiger partial charge < -0.3 is 20.5 Å². The van der Waals surface area contributed by atoms with Crippen molar-refractivity contribution in [3.63, 3.8) is 0 Å². The van der Waals surface area contributed by atoms with Gasteiger partial charge >= 0.3 is 0 Å². The standard InChI is InChI=1S/C16H27N3O2S/c1-2-17-15(18-8-5-14-4-3-11-22-14)19-12-16(6-9-20)7-10-21-13-16/h3-4,11,20H,2,5-10,12-13H2,1H3,(H2,17,18,19). The van der Waals surface area contributed by atoms with Crippen LogP contribution in [0.25, 0.3) is 0 Å². The minimum absolute atomic E-state index is 0.00481. The van der Waals surface area contributed by atoms with Crippen LogP contribution in [0, 0.1) is 5.41 Å². The molecule has 0 bridgehead atoms. The monoisotopic (exact) mass is 325 g/mol. The Hall–Kier alpha value is -1.11. The van der Waals surface area contributed by atoms with Gasteiger partial charge in [0, 0.05) is 36.6 Å². The van der Waals surface area contributed by atoms with Crippen LogP contribution in [0.3, 0.4) is 0 Å². The third kappa shape index (κ3) is 5.26. The summed E-state index contributed by atoms with van der Waals surface area (Å²) >= 11 is 1.78. The van der Waals surface area contributed by atoms with Gasteiger partial charge in [0.05, 0.1) is 13.2 Å². The molecule has 2 rings (SSSR count). The van der Waals surface area contributed by atoms with E-state index >= 15 is 0 Å². The lowest BCUT2D eigenvalue weighted by atomic mass is 9.84. The smallest absolute Gasteiger partial charge is 0.191 e. The molecule has 5 nitrogen and oxygen atoms in total. The van der Waals surface area contributed by atoms with Crippen LogP contribution in [0.15, 0.2) is 22.5 Å². The second kappa shape index (κ2) is 9.12. The zero-order valence-corrected chi connectivity index (χ0v) is 14.1. The Morgan fingerprint density at radius 1 is 1.50 bits per heavy atom. The first-order chi connectivity index (χ1) is 10.8. The van der Waals surface area contributed by atoms with Gasteiger partial charge in [-0.3, -0.25) is 4.99 Å². The van der Waals surface area contributed by atoms with Gasteiger partial charge in [0.15, 0.2) is 5.96 Å². The molecule has 3 N–H and O–H groups in total. The molecular formula is C16H27N3O2S. The summed E-state index contributed by atoms with van der Waals surface area (Å²) in [5.74, 6) is 0.850. The summed E-state index contributed by atoms with van der Waals surface area (Å²) < 4.78 is 5.52. The molecule has 0 radical (unpaired) electrons. The minimum atomic E-state index is 0.00481. The average Bonchev–Trinajstić information content (AvgIpc) is 3.17. The van der Waals surface area contributed by atoms with Crippen molar-refractivity contribution in [1.29, 1.82) is 0 Å². The van der Waals surface area contributed by atoms with Crippen LogP contribution in [-0.4, -0.2) is 50.5 Å². The molecule has 0 spiro atoms. The Balaban J connectivity index is 1.85. The molecular weight excluding hydrogens is 298 g/mol. The first-order valence-corrected chi connectivity index (χ1v) is 8.89. The van der Waals surface area contributed by atoms with Crippen LogP contribution in [0.5, 0.6) is 0 Å². The number of guanidine groups is 1. The van der Waals surface area contributed by atoms with Crippen molar-refractivity contribution in [2.75, 3.05) is 39.5 Å². The van der Waals surface area contributed by atoms with E-state index in [-0.39, 0.29) is 12.0 Å². The quantitative estimate of drug-likeness (QED) is 0.502. The molecule has 124 valence electrons. The maximum absolute atomic E-state index is 9.27. The van der Waals surface area contributed by atoms with Gasteiger partial charge in [0.1, 0.15) is 0 Å². The molecule has 1 saturated heterocycles. The van der Waals surface area contributed by atoms with Crippen molar-refractivity contribution >= 4 is 17.3 Å². The van der Waals surface area contributed by atoms with E-state index in [9.17, 15) is 5.11 Å². The molecule has 0 amide bonds. The number of hydrogen-bond acceptors (Lipinski definition) is 4. The van der Waals surface area contributed by atoms with E-state index < -0.39 is 0 Å². The van der Waals surface area contributed by atoms with Crippen molar-refractivity contribution in [2.45, 2.75) is 26.2 Å². The number of hydrogen-bond donors (Lipinski definition) is 3. The van der Waals surface area contributed by atoms with E-state index in [0.717, 1.165) is 44.9 Å². The highest BCUT2D eigenvalue weighted by molar-refractivity contribution is 7.09. The van der Waals surface area contributed by atoms with Crippen molar-refractivity contribution in [2.24, 2.45) is 10.4 Å². The summed E-state index contributed by atoms with van der Waals surface area (Å²) in [6, 6.07) is 4.24. The van der Waals surface area contributed by atoms with E-state index in [2.05, 4.69) is 35.1 Å². The molecule has 1 unspecified atom stereocenters. The second-order valence-electron chi connectivity index (χ2n) is 5.73. The Kier molecular flexibility index (Phi) is 7.15.